The van der Waals surface area contributed by atoms with E-state index in [2.05, 4.69) is 15.5 Å². The maximum Gasteiger partial charge on any atom is 0.249 e. The molecule has 1 aromatic carbocycles. The summed E-state index contributed by atoms with van der Waals surface area (Å²) >= 11 is 0. The van der Waals surface area contributed by atoms with E-state index in [0.717, 1.165) is 24.0 Å². The first-order chi connectivity index (χ1) is 10.7. The van der Waals surface area contributed by atoms with Crippen LogP contribution in [0.4, 0.5) is 0 Å². The van der Waals surface area contributed by atoms with Gasteiger partial charge in [-0.15, -0.1) is 0 Å². The van der Waals surface area contributed by atoms with Crippen molar-refractivity contribution in [1.82, 2.24) is 15.5 Å². The van der Waals surface area contributed by atoms with Crippen LogP contribution in [0.1, 0.15) is 24.3 Å². The van der Waals surface area contributed by atoms with Gasteiger partial charge in [0, 0.05) is 25.1 Å². The molecular weight excluding hydrogens is 282 g/mol. The van der Waals surface area contributed by atoms with Crippen molar-refractivity contribution in [3.8, 4) is 11.4 Å². The fourth-order valence-electron chi connectivity index (χ4n) is 2.48. The Balaban J connectivity index is 1.54. The minimum Gasteiger partial charge on any atom is -0.368 e. The number of nitrogens with zero attached hydrogens (tertiary/aromatic N) is 2. The Morgan fingerprint density at radius 2 is 2.27 bits per heavy atom. The number of carbonyl (C=O) groups excluding carboxylic acids is 1. The highest BCUT2D eigenvalue weighted by atomic mass is 16.5. The molecule has 2 aromatic rings. The Kier molecular flexibility index (Phi) is 4.48. The first-order valence-corrected chi connectivity index (χ1v) is 7.52. The SMILES string of the molecule is Cc1ccccc1-c1noc(CCNC(=O)C2CCCO2)n1. The average molecular weight is 301 g/mol. The molecule has 0 bridgehead atoms. The molecule has 6 nitrogen and oxygen atoms in total. The lowest BCUT2D eigenvalue weighted by molar-refractivity contribution is -0.130. The Bertz CT molecular complexity index is 648. The minimum absolute atomic E-state index is 0.0591. The fourth-order valence-corrected chi connectivity index (χ4v) is 2.48. The molecule has 116 valence electrons. The number of ether oxygens (including phenoxy) is 1. The van der Waals surface area contributed by atoms with Crippen molar-refractivity contribution < 1.29 is 14.1 Å². The number of hydrogen-bond acceptors (Lipinski definition) is 5. The van der Waals surface area contributed by atoms with E-state index in [9.17, 15) is 4.79 Å². The van der Waals surface area contributed by atoms with E-state index in [-0.39, 0.29) is 12.0 Å². The maximum atomic E-state index is 11.8. The van der Waals surface area contributed by atoms with Crippen LogP contribution in [0.25, 0.3) is 11.4 Å². The Morgan fingerprint density at radius 3 is 3.05 bits per heavy atom. The summed E-state index contributed by atoms with van der Waals surface area (Å²) in [6.07, 6.45) is 1.95. The lowest BCUT2D eigenvalue weighted by Gasteiger charge is -2.08. The lowest BCUT2D eigenvalue weighted by Crippen LogP contribution is -2.35. The first-order valence-electron chi connectivity index (χ1n) is 7.52. The van der Waals surface area contributed by atoms with Gasteiger partial charge in [-0.2, -0.15) is 4.98 Å². The fraction of sp³-hybridized carbons (Fsp3) is 0.438. The highest BCUT2D eigenvalue weighted by Gasteiger charge is 2.23. The van der Waals surface area contributed by atoms with Crippen molar-refractivity contribution in [2.75, 3.05) is 13.2 Å². The van der Waals surface area contributed by atoms with Gasteiger partial charge in [0.15, 0.2) is 0 Å². The van der Waals surface area contributed by atoms with Crippen LogP contribution in [0.15, 0.2) is 28.8 Å². The van der Waals surface area contributed by atoms with Crippen LogP contribution in [0.2, 0.25) is 0 Å². The van der Waals surface area contributed by atoms with E-state index in [1.807, 2.05) is 31.2 Å². The van der Waals surface area contributed by atoms with Crippen LogP contribution in [-0.4, -0.2) is 35.3 Å². The summed E-state index contributed by atoms with van der Waals surface area (Å²) in [6.45, 7) is 3.14. The number of aromatic nitrogens is 2. The highest BCUT2D eigenvalue weighted by Crippen LogP contribution is 2.19. The maximum absolute atomic E-state index is 11.8. The molecule has 1 N–H and O–H groups in total. The van der Waals surface area contributed by atoms with Crippen molar-refractivity contribution in [2.24, 2.45) is 0 Å². The summed E-state index contributed by atoms with van der Waals surface area (Å²) in [4.78, 5) is 16.2. The van der Waals surface area contributed by atoms with Crippen molar-refractivity contribution in [2.45, 2.75) is 32.3 Å². The molecule has 1 unspecified atom stereocenters. The van der Waals surface area contributed by atoms with Gasteiger partial charge in [-0.25, -0.2) is 0 Å². The summed E-state index contributed by atoms with van der Waals surface area (Å²) in [5.41, 5.74) is 2.06. The van der Waals surface area contributed by atoms with E-state index in [1.165, 1.54) is 0 Å². The van der Waals surface area contributed by atoms with Crippen LogP contribution in [0.5, 0.6) is 0 Å². The van der Waals surface area contributed by atoms with Gasteiger partial charge in [0.1, 0.15) is 6.10 Å². The molecule has 2 heterocycles. The second-order valence-corrected chi connectivity index (χ2v) is 5.37. The zero-order chi connectivity index (χ0) is 15.4. The number of hydrogen-bond donors (Lipinski definition) is 1. The van der Waals surface area contributed by atoms with Crippen molar-refractivity contribution in [3.63, 3.8) is 0 Å². The Hall–Kier alpha value is -2.21. The molecular formula is C16H19N3O3. The summed E-state index contributed by atoms with van der Waals surface area (Å²) in [7, 11) is 0. The number of benzene rings is 1. The number of rotatable bonds is 5. The van der Waals surface area contributed by atoms with Gasteiger partial charge >= 0.3 is 0 Å². The van der Waals surface area contributed by atoms with Crippen LogP contribution >= 0.6 is 0 Å². The topological polar surface area (TPSA) is 77.2 Å². The highest BCUT2D eigenvalue weighted by molar-refractivity contribution is 5.80. The van der Waals surface area contributed by atoms with Gasteiger partial charge in [-0.1, -0.05) is 29.4 Å². The zero-order valence-corrected chi connectivity index (χ0v) is 12.5. The number of aryl methyl sites for hydroxylation is 1. The van der Waals surface area contributed by atoms with E-state index in [4.69, 9.17) is 9.26 Å². The number of carbonyl (C=O) groups is 1. The van der Waals surface area contributed by atoms with E-state index in [1.54, 1.807) is 0 Å². The molecule has 1 fully saturated rings. The molecule has 0 saturated carbocycles. The average Bonchev–Trinajstić information content (AvgIpc) is 3.19. The summed E-state index contributed by atoms with van der Waals surface area (Å²) in [6, 6.07) is 7.89. The van der Waals surface area contributed by atoms with Crippen LogP contribution in [-0.2, 0) is 16.0 Å². The molecule has 1 atom stereocenters. The number of nitrogens with one attached hydrogen (secondary N) is 1. The van der Waals surface area contributed by atoms with Crippen molar-refractivity contribution in [3.05, 3.63) is 35.7 Å². The standard InChI is InChI=1S/C16H19N3O3/c1-11-5-2-3-6-12(11)15-18-14(22-19-15)8-9-17-16(20)13-7-4-10-21-13/h2-3,5-6,13H,4,7-10H2,1H3,(H,17,20). The Labute approximate surface area is 128 Å². The molecule has 0 radical (unpaired) electrons. The predicted molar refractivity (Wildman–Crippen MR) is 80.2 cm³/mol. The van der Waals surface area contributed by atoms with Gasteiger partial charge in [0.05, 0.1) is 0 Å². The molecule has 1 aliphatic heterocycles. The molecule has 1 aliphatic rings. The van der Waals surface area contributed by atoms with Gasteiger partial charge in [0.2, 0.25) is 17.6 Å². The Morgan fingerprint density at radius 1 is 1.41 bits per heavy atom. The van der Waals surface area contributed by atoms with E-state index >= 15 is 0 Å². The predicted octanol–water partition coefficient (Wildman–Crippen LogP) is 1.88. The normalized spacial score (nSPS) is 17.6. The molecule has 0 aliphatic carbocycles. The molecule has 3 rings (SSSR count). The summed E-state index contributed by atoms with van der Waals surface area (Å²) < 4.78 is 10.6. The molecule has 0 spiro atoms. The first kappa shape index (κ1) is 14.7. The van der Waals surface area contributed by atoms with Crippen LogP contribution in [0, 0.1) is 6.92 Å². The smallest absolute Gasteiger partial charge is 0.249 e. The third-order valence-electron chi connectivity index (χ3n) is 3.71. The molecule has 22 heavy (non-hydrogen) atoms. The molecule has 1 saturated heterocycles. The third-order valence-corrected chi connectivity index (χ3v) is 3.71. The van der Waals surface area contributed by atoms with E-state index < -0.39 is 0 Å². The van der Waals surface area contributed by atoms with Gasteiger partial charge in [-0.05, 0) is 25.3 Å². The lowest BCUT2D eigenvalue weighted by atomic mass is 10.1. The summed E-state index contributed by atoms with van der Waals surface area (Å²) in [5.74, 6) is 1.04. The van der Waals surface area contributed by atoms with Crippen LogP contribution in [0.3, 0.4) is 0 Å². The third kappa shape index (κ3) is 3.33. The largest absolute Gasteiger partial charge is 0.368 e. The minimum atomic E-state index is -0.301. The van der Waals surface area contributed by atoms with Gasteiger partial charge in [-0.3, -0.25) is 4.79 Å². The van der Waals surface area contributed by atoms with Crippen molar-refractivity contribution >= 4 is 5.91 Å². The van der Waals surface area contributed by atoms with Gasteiger partial charge < -0.3 is 14.6 Å². The molecule has 1 aromatic heterocycles. The summed E-state index contributed by atoms with van der Waals surface area (Å²) in [5, 5.41) is 6.84. The molecule has 1 amide bonds. The van der Waals surface area contributed by atoms with Gasteiger partial charge in [0.25, 0.3) is 0 Å². The van der Waals surface area contributed by atoms with E-state index in [0.29, 0.717) is 31.3 Å². The monoisotopic (exact) mass is 301 g/mol. The molecule has 6 heteroatoms. The van der Waals surface area contributed by atoms with Crippen LogP contribution < -0.4 is 5.32 Å². The van der Waals surface area contributed by atoms with Crippen molar-refractivity contribution in [1.29, 1.82) is 0 Å². The zero-order valence-electron chi connectivity index (χ0n) is 12.5. The number of amides is 1. The quantitative estimate of drug-likeness (QED) is 0.912. The second kappa shape index (κ2) is 6.70. The second-order valence-electron chi connectivity index (χ2n) is 5.37.